The summed E-state index contributed by atoms with van der Waals surface area (Å²) in [5.41, 5.74) is 6.75. The van der Waals surface area contributed by atoms with Crippen LogP contribution in [0.15, 0.2) is 76.2 Å². The second-order valence-electron chi connectivity index (χ2n) is 7.33. The first-order valence-electron chi connectivity index (χ1n) is 10.1. The molecule has 0 aliphatic rings. The molecule has 1 N–H and O–H groups in total. The third kappa shape index (κ3) is 5.44. The van der Waals surface area contributed by atoms with Crippen molar-refractivity contribution in [3.05, 3.63) is 99.1 Å². The van der Waals surface area contributed by atoms with Crippen LogP contribution in [0.5, 0.6) is 0 Å². The van der Waals surface area contributed by atoms with Crippen molar-refractivity contribution in [3.8, 4) is 0 Å². The monoisotopic (exact) mass is 476 g/mol. The van der Waals surface area contributed by atoms with Crippen LogP contribution in [0.1, 0.15) is 34.0 Å². The number of aryl methyl sites for hydroxylation is 1. The van der Waals surface area contributed by atoms with E-state index in [4.69, 9.17) is 0 Å². The smallest absolute Gasteiger partial charge is 0.267 e. The number of benzene rings is 3. The Morgan fingerprint density at radius 3 is 2.58 bits per heavy atom. The van der Waals surface area contributed by atoms with Gasteiger partial charge in [0.15, 0.2) is 4.34 Å². The Labute approximate surface area is 198 Å². The largest absolute Gasteiger partial charge is 0.272 e. The molecule has 0 unspecified atom stereocenters. The van der Waals surface area contributed by atoms with Gasteiger partial charge >= 0.3 is 0 Å². The molecule has 0 bridgehead atoms. The molecule has 166 valence electrons. The van der Waals surface area contributed by atoms with E-state index in [1.807, 2.05) is 30.3 Å². The van der Waals surface area contributed by atoms with Crippen molar-refractivity contribution in [2.45, 2.75) is 23.9 Å². The summed E-state index contributed by atoms with van der Waals surface area (Å²) in [7, 11) is 0. The summed E-state index contributed by atoms with van der Waals surface area (Å²) >= 11 is 3.34. The van der Waals surface area contributed by atoms with E-state index in [0.717, 1.165) is 21.2 Å². The van der Waals surface area contributed by atoms with Crippen molar-refractivity contribution in [2.75, 3.05) is 0 Å². The highest BCUT2D eigenvalue weighted by Crippen LogP contribution is 2.31. The first-order valence-corrected chi connectivity index (χ1v) is 11.9. The van der Waals surface area contributed by atoms with Crippen molar-refractivity contribution in [3.63, 3.8) is 0 Å². The van der Waals surface area contributed by atoms with Gasteiger partial charge in [-0.1, -0.05) is 48.2 Å². The zero-order valence-corrected chi connectivity index (χ0v) is 19.6. The van der Waals surface area contributed by atoms with Crippen LogP contribution in [-0.4, -0.2) is 21.5 Å². The molecular weight excluding hydrogens is 456 g/mol. The molecule has 33 heavy (non-hydrogen) atoms. The van der Waals surface area contributed by atoms with Crippen LogP contribution in [0, 0.1) is 17.0 Å². The molecule has 1 aromatic heterocycles. The van der Waals surface area contributed by atoms with Gasteiger partial charge in [0.2, 0.25) is 0 Å². The molecule has 0 fully saturated rings. The quantitative estimate of drug-likeness (QED) is 0.154. The fourth-order valence-corrected chi connectivity index (χ4v) is 5.13. The molecule has 0 atom stereocenters. The van der Waals surface area contributed by atoms with Crippen LogP contribution in [-0.2, 0) is 5.75 Å². The molecule has 4 aromatic rings. The number of amides is 1. The van der Waals surface area contributed by atoms with E-state index in [2.05, 4.69) is 21.6 Å². The third-order valence-electron chi connectivity index (χ3n) is 5.00. The minimum absolute atomic E-state index is 0.0210. The highest BCUT2D eigenvalue weighted by atomic mass is 32.2. The van der Waals surface area contributed by atoms with Gasteiger partial charge in [-0.25, -0.2) is 10.4 Å². The lowest BCUT2D eigenvalue weighted by atomic mass is 10.1. The first kappa shape index (κ1) is 22.6. The number of nitrogens with zero attached hydrogens (tertiary/aromatic N) is 3. The predicted molar refractivity (Wildman–Crippen MR) is 133 cm³/mol. The van der Waals surface area contributed by atoms with E-state index in [1.54, 1.807) is 61.2 Å². The zero-order chi connectivity index (χ0) is 23.4. The van der Waals surface area contributed by atoms with Crippen molar-refractivity contribution in [1.82, 2.24) is 10.4 Å². The van der Waals surface area contributed by atoms with Crippen LogP contribution in [0.3, 0.4) is 0 Å². The van der Waals surface area contributed by atoms with Crippen LogP contribution in [0.4, 0.5) is 5.69 Å². The SMILES string of the molecule is CC(=NNC(=O)c1ccc(CSc2nc3ccccc3s2)cc1)c1ccc(C)c([N+](=O)[O-])c1. The summed E-state index contributed by atoms with van der Waals surface area (Å²) in [5, 5.41) is 15.2. The van der Waals surface area contributed by atoms with Crippen LogP contribution < -0.4 is 5.43 Å². The van der Waals surface area contributed by atoms with Gasteiger partial charge in [-0.2, -0.15) is 5.10 Å². The van der Waals surface area contributed by atoms with E-state index in [-0.39, 0.29) is 11.6 Å². The van der Waals surface area contributed by atoms with E-state index in [9.17, 15) is 14.9 Å². The first-order chi connectivity index (χ1) is 15.9. The van der Waals surface area contributed by atoms with Gasteiger partial charge < -0.3 is 0 Å². The van der Waals surface area contributed by atoms with Gasteiger partial charge in [-0.15, -0.1) is 11.3 Å². The highest BCUT2D eigenvalue weighted by Gasteiger charge is 2.13. The number of rotatable bonds is 7. The third-order valence-corrected chi connectivity index (χ3v) is 7.25. The molecule has 9 heteroatoms. The molecule has 0 saturated heterocycles. The number of carbonyl (C=O) groups excluding carboxylic acids is 1. The lowest BCUT2D eigenvalue weighted by Crippen LogP contribution is -2.19. The summed E-state index contributed by atoms with van der Waals surface area (Å²) in [6.07, 6.45) is 0. The number of aromatic nitrogens is 1. The summed E-state index contributed by atoms with van der Waals surface area (Å²) in [5.74, 6) is 0.409. The number of hydrazone groups is 1. The second kappa shape index (κ2) is 9.93. The molecule has 4 rings (SSSR count). The topological polar surface area (TPSA) is 97.5 Å². The number of nitro benzene ring substituents is 1. The number of para-hydroxylation sites is 1. The summed E-state index contributed by atoms with van der Waals surface area (Å²) in [6.45, 7) is 3.37. The van der Waals surface area contributed by atoms with Gasteiger partial charge in [-0.3, -0.25) is 14.9 Å². The molecule has 1 amide bonds. The maximum absolute atomic E-state index is 12.5. The molecule has 3 aromatic carbocycles. The van der Waals surface area contributed by atoms with Crippen LogP contribution in [0.2, 0.25) is 0 Å². The van der Waals surface area contributed by atoms with Crippen molar-refractivity contribution in [1.29, 1.82) is 0 Å². The normalized spacial score (nSPS) is 11.5. The summed E-state index contributed by atoms with van der Waals surface area (Å²) in [4.78, 5) is 27.8. The predicted octanol–water partition coefficient (Wildman–Crippen LogP) is 5.96. The lowest BCUT2D eigenvalue weighted by molar-refractivity contribution is -0.385. The standard InChI is InChI=1S/C24H20N4O3S2/c1-15-7-10-19(13-21(15)28(30)31)16(2)26-27-23(29)18-11-8-17(9-12-18)14-32-24-25-20-5-3-4-6-22(20)33-24/h3-13H,14H2,1-2H3,(H,27,29). The fourth-order valence-electron chi connectivity index (χ4n) is 3.11. The van der Waals surface area contributed by atoms with Crippen molar-refractivity contribution < 1.29 is 9.72 Å². The van der Waals surface area contributed by atoms with E-state index in [1.165, 1.54) is 10.8 Å². The molecule has 0 aliphatic carbocycles. The van der Waals surface area contributed by atoms with Crippen LogP contribution in [0.25, 0.3) is 10.2 Å². The average Bonchev–Trinajstić information content (AvgIpc) is 3.24. The molecule has 0 aliphatic heterocycles. The number of hydrogen-bond donors (Lipinski definition) is 1. The van der Waals surface area contributed by atoms with Gasteiger partial charge in [0.25, 0.3) is 11.6 Å². The van der Waals surface area contributed by atoms with Crippen molar-refractivity contribution >= 4 is 50.6 Å². The van der Waals surface area contributed by atoms with E-state index < -0.39 is 4.92 Å². The number of hydrogen-bond acceptors (Lipinski definition) is 7. The maximum atomic E-state index is 12.5. The number of fused-ring (bicyclic) bond motifs is 1. The molecule has 7 nitrogen and oxygen atoms in total. The molecule has 0 saturated carbocycles. The Kier molecular flexibility index (Phi) is 6.81. The van der Waals surface area contributed by atoms with Gasteiger partial charge in [-0.05, 0) is 43.7 Å². The minimum Gasteiger partial charge on any atom is -0.267 e. The fraction of sp³-hybridized carbons (Fsp3) is 0.125. The van der Waals surface area contributed by atoms with Crippen molar-refractivity contribution in [2.24, 2.45) is 5.10 Å². The molecule has 0 radical (unpaired) electrons. The average molecular weight is 477 g/mol. The van der Waals surface area contributed by atoms with E-state index >= 15 is 0 Å². The summed E-state index contributed by atoms with van der Waals surface area (Å²) < 4.78 is 2.18. The van der Waals surface area contributed by atoms with E-state index in [0.29, 0.717) is 22.4 Å². The Morgan fingerprint density at radius 1 is 1.12 bits per heavy atom. The number of nitro groups is 1. The molecule has 0 spiro atoms. The van der Waals surface area contributed by atoms with Gasteiger partial charge in [0.05, 0.1) is 20.9 Å². The summed E-state index contributed by atoms with van der Waals surface area (Å²) in [6, 6.07) is 20.3. The van der Waals surface area contributed by atoms with Gasteiger partial charge in [0, 0.05) is 28.5 Å². The van der Waals surface area contributed by atoms with Crippen LogP contribution >= 0.6 is 23.1 Å². The van der Waals surface area contributed by atoms with Gasteiger partial charge in [0.1, 0.15) is 0 Å². The Morgan fingerprint density at radius 2 is 1.85 bits per heavy atom. The number of thiazole rings is 1. The molecular formula is C24H20N4O3S2. The number of nitrogens with one attached hydrogen (secondary N) is 1. The maximum Gasteiger partial charge on any atom is 0.272 e. The lowest BCUT2D eigenvalue weighted by Gasteiger charge is -2.05. The molecule has 1 heterocycles. The zero-order valence-electron chi connectivity index (χ0n) is 17.9. The Hall–Kier alpha value is -3.56. The Balaban J connectivity index is 1.36. The number of carbonyl (C=O) groups is 1. The minimum atomic E-state index is -0.429. The Bertz CT molecular complexity index is 1330. The second-order valence-corrected chi connectivity index (χ2v) is 9.58. The highest BCUT2D eigenvalue weighted by molar-refractivity contribution is 8.00. The number of thioether (sulfide) groups is 1.